The van der Waals surface area contributed by atoms with Crippen molar-refractivity contribution in [3.05, 3.63) is 83.4 Å². The highest BCUT2D eigenvalue weighted by atomic mass is 16.7. The van der Waals surface area contributed by atoms with Crippen LogP contribution in [-0.2, 0) is 4.79 Å². The number of nitrogens with one attached hydrogen (secondary N) is 1. The molecule has 1 fully saturated rings. The summed E-state index contributed by atoms with van der Waals surface area (Å²) in [6.45, 7) is 9.59. The topological polar surface area (TPSA) is 91.4 Å². The van der Waals surface area contributed by atoms with Gasteiger partial charge in [0.05, 0.1) is 11.5 Å². The van der Waals surface area contributed by atoms with Gasteiger partial charge in [0, 0.05) is 56.2 Å². The monoisotopic (exact) mass is 570 g/mol. The first-order valence-electron chi connectivity index (χ1n) is 14.7. The first-order valence-corrected chi connectivity index (χ1v) is 14.7. The molecule has 1 N–H and O–H groups in total. The van der Waals surface area contributed by atoms with Crippen LogP contribution in [0.15, 0.2) is 66.7 Å². The van der Waals surface area contributed by atoms with Gasteiger partial charge in [0.1, 0.15) is 0 Å². The smallest absolute Gasteiger partial charge is 0.256 e. The number of nitrogens with zero attached hydrogens (tertiary/aromatic N) is 3. The van der Waals surface area contributed by atoms with Crippen LogP contribution < -0.4 is 19.7 Å². The number of benzene rings is 3. The van der Waals surface area contributed by atoms with Crippen LogP contribution in [-0.4, -0.2) is 73.6 Å². The van der Waals surface area contributed by atoms with Gasteiger partial charge in [-0.2, -0.15) is 0 Å². The highest BCUT2D eigenvalue weighted by Gasteiger charge is 2.29. The molecule has 0 aromatic heterocycles. The third-order valence-corrected chi connectivity index (χ3v) is 8.01. The zero-order valence-electron chi connectivity index (χ0n) is 24.5. The summed E-state index contributed by atoms with van der Waals surface area (Å²) in [6.07, 6.45) is 0.741. The summed E-state index contributed by atoms with van der Waals surface area (Å²) in [7, 11) is 0. The molecule has 3 amide bonds. The van der Waals surface area contributed by atoms with E-state index in [0.717, 1.165) is 17.7 Å². The normalized spacial score (nSPS) is 14.8. The van der Waals surface area contributed by atoms with Crippen LogP contribution in [0.2, 0.25) is 0 Å². The van der Waals surface area contributed by atoms with E-state index in [9.17, 15) is 14.4 Å². The van der Waals surface area contributed by atoms with E-state index in [1.54, 1.807) is 29.2 Å². The zero-order chi connectivity index (χ0) is 29.6. The number of amides is 3. The van der Waals surface area contributed by atoms with E-state index in [1.807, 2.05) is 68.1 Å². The number of rotatable bonds is 9. The lowest BCUT2D eigenvalue weighted by molar-refractivity contribution is -0.133. The molecule has 1 atom stereocenters. The molecule has 3 aromatic carbocycles. The van der Waals surface area contributed by atoms with Crippen LogP contribution >= 0.6 is 0 Å². The SMILES string of the molecule is CCC(C(=O)N1CCN(c2ccc(NC(=O)c3ccc4c(c3)OCO4)cc2C(=O)N(CC)CC)CC1)c1ccccc1. The van der Waals surface area contributed by atoms with Gasteiger partial charge in [0.2, 0.25) is 12.7 Å². The average Bonchev–Trinajstić information content (AvgIpc) is 3.51. The van der Waals surface area contributed by atoms with E-state index >= 15 is 0 Å². The van der Waals surface area contributed by atoms with Crippen molar-refractivity contribution in [2.45, 2.75) is 33.1 Å². The summed E-state index contributed by atoms with van der Waals surface area (Å²) in [5, 5.41) is 2.93. The van der Waals surface area contributed by atoms with Crippen molar-refractivity contribution in [3.63, 3.8) is 0 Å². The van der Waals surface area contributed by atoms with Gasteiger partial charge in [0.15, 0.2) is 11.5 Å². The van der Waals surface area contributed by atoms with E-state index in [0.29, 0.717) is 67.6 Å². The Hall–Kier alpha value is -4.53. The van der Waals surface area contributed by atoms with Crippen LogP contribution in [0.25, 0.3) is 0 Å². The number of hydrogen-bond donors (Lipinski definition) is 1. The molecule has 0 saturated carbocycles. The van der Waals surface area contributed by atoms with Crippen molar-refractivity contribution in [1.82, 2.24) is 9.80 Å². The lowest BCUT2D eigenvalue weighted by Crippen LogP contribution is -2.50. The van der Waals surface area contributed by atoms with Gasteiger partial charge in [0.25, 0.3) is 11.8 Å². The van der Waals surface area contributed by atoms with Gasteiger partial charge < -0.3 is 29.5 Å². The van der Waals surface area contributed by atoms with E-state index < -0.39 is 0 Å². The van der Waals surface area contributed by atoms with Crippen molar-refractivity contribution in [2.75, 3.05) is 56.3 Å². The van der Waals surface area contributed by atoms with Crippen LogP contribution in [0, 0.1) is 0 Å². The Bertz CT molecular complexity index is 1430. The maximum atomic E-state index is 13.7. The first kappa shape index (κ1) is 29.0. The molecule has 2 aliphatic rings. The molecule has 0 bridgehead atoms. The average molecular weight is 571 g/mol. The molecule has 9 heteroatoms. The molecule has 2 heterocycles. The Kier molecular flexibility index (Phi) is 8.95. The number of ether oxygens (including phenoxy) is 2. The molecule has 2 aliphatic heterocycles. The number of hydrogen-bond acceptors (Lipinski definition) is 6. The molecule has 1 unspecified atom stereocenters. The fraction of sp³-hybridized carbons (Fsp3) is 0.364. The molecule has 9 nitrogen and oxygen atoms in total. The van der Waals surface area contributed by atoms with Crippen molar-refractivity contribution >= 4 is 29.1 Å². The predicted molar refractivity (Wildman–Crippen MR) is 162 cm³/mol. The Morgan fingerprint density at radius 3 is 2.26 bits per heavy atom. The van der Waals surface area contributed by atoms with Crippen molar-refractivity contribution in [1.29, 1.82) is 0 Å². The van der Waals surface area contributed by atoms with Crippen LogP contribution in [0.1, 0.15) is 59.4 Å². The lowest BCUT2D eigenvalue weighted by atomic mass is 9.94. The minimum atomic E-state index is -0.307. The van der Waals surface area contributed by atoms with Gasteiger partial charge in [-0.1, -0.05) is 37.3 Å². The quantitative estimate of drug-likeness (QED) is 0.390. The standard InChI is InChI=1S/C33H38N4O5/c1-4-26(23-10-8-7-9-11-23)32(39)37-18-16-36(17-19-37)28-14-13-25(21-27(28)33(40)35(5-2)6-3)34-31(38)24-12-15-29-30(20-24)42-22-41-29/h7-15,20-21,26H,4-6,16-19,22H2,1-3H3,(H,34,38). The zero-order valence-corrected chi connectivity index (χ0v) is 24.5. The predicted octanol–water partition coefficient (Wildman–Crippen LogP) is 4.99. The summed E-state index contributed by atoms with van der Waals surface area (Å²) in [5.74, 6) is 0.716. The highest BCUT2D eigenvalue weighted by molar-refractivity contribution is 6.06. The third-order valence-electron chi connectivity index (χ3n) is 8.01. The van der Waals surface area contributed by atoms with Crippen LogP contribution in [0.5, 0.6) is 11.5 Å². The summed E-state index contributed by atoms with van der Waals surface area (Å²) in [6, 6.07) is 20.4. The van der Waals surface area contributed by atoms with Gasteiger partial charge in [-0.15, -0.1) is 0 Å². The number of anilines is 2. The van der Waals surface area contributed by atoms with Gasteiger partial charge in [-0.05, 0) is 62.2 Å². The largest absolute Gasteiger partial charge is 0.454 e. The summed E-state index contributed by atoms with van der Waals surface area (Å²) < 4.78 is 10.7. The Morgan fingerprint density at radius 2 is 1.57 bits per heavy atom. The molecule has 42 heavy (non-hydrogen) atoms. The summed E-state index contributed by atoms with van der Waals surface area (Å²) in [5.41, 5.74) is 3.33. The van der Waals surface area contributed by atoms with E-state index in [4.69, 9.17) is 9.47 Å². The first-order chi connectivity index (χ1) is 20.4. The van der Waals surface area contributed by atoms with Crippen molar-refractivity contribution in [2.24, 2.45) is 0 Å². The maximum absolute atomic E-state index is 13.7. The minimum Gasteiger partial charge on any atom is -0.454 e. The second-order valence-electron chi connectivity index (χ2n) is 10.4. The van der Waals surface area contributed by atoms with Crippen molar-refractivity contribution < 1.29 is 23.9 Å². The van der Waals surface area contributed by atoms with E-state index in [-0.39, 0.29) is 30.4 Å². The molecule has 3 aromatic rings. The molecule has 220 valence electrons. The Balaban J connectivity index is 1.33. The molecule has 0 radical (unpaired) electrons. The molecule has 0 spiro atoms. The van der Waals surface area contributed by atoms with E-state index in [1.165, 1.54) is 0 Å². The number of carbonyl (C=O) groups is 3. The van der Waals surface area contributed by atoms with Gasteiger partial charge in [-0.25, -0.2) is 0 Å². The van der Waals surface area contributed by atoms with Crippen LogP contribution in [0.4, 0.5) is 11.4 Å². The van der Waals surface area contributed by atoms with Gasteiger partial charge in [-0.3, -0.25) is 14.4 Å². The second-order valence-corrected chi connectivity index (χ2v) is 10.4. The molecule has 1 saturated heterocycles. The molecule has 0 aliphatic carbocycles. The fourth-order valence-corrected chi connectivity index (χ4v) is 5.61. The highest BCUT2D eigenvalue weighted by Crippen LogP contribution is 2.33. The number of carbonyl (C=O) groups excluding carboxylic acids is 3. The maximum Gasteiger partial charge on any atom is 0.256 e. The van der Waals surface area contributed by atoms with Crippen molar-refractivity contribution in [3.8, 4) is 11.5 Å². The summed E-state index contributed by atoms with van der Waals surface area (Å²) in [4.78, 5) is 46.0. The number of fused-ring (bicyclic) bond motifs is 1. The number of piperazine rings is 1. The van der Waals surface area contributed by atoms with Gasteiger partial charge >= 0.3 is 0 Å². The third kappa shape index (κ3) is 6.05. The van der Waals surface area contributed by atoms with E-state index in [2.05, 4.69) is 10.2 Å². The fourth-order valence-electron chi connectivity index (χ4n) is 5.61. The molecule has 5 rings (SSSR count). The second kappa shape index (κ2) is 13.0. The lowest BCUT2D eigenvalue weighted by Gasteiger charge is -2.38. The van der Waals surface area contributed by atoms with Crippen LogP contribution in [0.3, 0.4) is 0 Å². The molecular weight excluding hydrogens is 532 g/mol. The molecular formula is C33H38N4O5. The minimum absolute atomic E-state index is 0.0946. The Morgan fingerprint density at radius 1 is 0.857 bits per heavy atom. The Labute approximate surface area is 247 Å². The summed E-state index contributed by atoms with van der Waals surface area (Å²) >= 11 is 0.